The van der Waals surface area contributed by atoms with E-state index in [1.807, 2.05) is 31.2 Å². The summed E-state index contributed by atoms with van der Waals surface area (Å²) in [6, 6.07) is 7.75. The van der Waals surface area contributed by atoms with Crippen molar-refractivity contribution in [1.82, 2.24) is 20.1 Å². The summed E-state index contributed by atoms with van der Waals surface area (Å²) in [5, 5.41) is 9.21. The molecule has 1 N–H and O–H groups in total. The first-order chi connectivity index (χ1) is 12.6. The van der Waals surface area contributed by atoms with Gasteiger partial charge in [-0.25, -0.2) is 0 Å². The fourth-order valence-corrected chi connectivity index (χ4v) is 3.88. The second-order valence-electron chi connectivity index (χ2n) is 6.26. The van der Waals surface area contributed by atoms with Crippen LogP contribution in [0.3, 0.4) is 0 Å². The normalized spacial score (nSPS) is 14.5. The van der Waals surface area contributed by atoms with Crippen molar-refractivity contribution in [2.45, 2.75) is 31.5 Å². The summed E-state index contributed by atoms with van der Waals surface area (Å²) in [7, 11) is 0. The molecule has 0 radical (unpaired) electrons. The molecule has 1 aliphatic rings. The Balaban J connectivity index is 1.41. The Morgan fingerprint density at radius 2 is 2.19 bits per heavy atom. The number of para-hydroxylation sites is 1. The molecule has 3 aromatic rings. The van der Waals surface area contributed by atoms with Crippen molar-refractivity contribution in [2.75, 3.05) is 12.3 Å². The van der Waals surface area contributed by atoms with Crippen LogP contribution < -0.4 is 0 Å². The largest absolute Gasteiger partial charge is 0.414 e. The van der Waals surface area contributed by atoms with Crippen molar-refractivity contribution >= 4 is 34.4 Å². The van der Waals surface area contributed by atoms with Crippen LogP contribution in [0.2, 0.25) is 0 Å². The number of Topliss-reactive ketones (excluding diaryl/α,β-unsaturated/α-hetero) is 1. The molecule has 0 aliphatic carbocycles. The highest BCUT2D eigenvalue weighted by molar-refractivity contribution is 7.99. The van der Waals surface area contributed by atoms with Crippen LogP contribution in [0.1, 0.15) is 34.8 Å². The predicted octanol–water partition coefficient (Wildman–Crippen LogP) is 2.96. The molecule has 1 amide bonds. The number of benzene rings is 1. The zero-order valence-corrected chi connectivity index (χ0v) is 15.1. The first-order valence-corrected chi connectivity index (χ1v) is 9.44. The molecule has 26 heavy (non-hydrogen) atoms. The molecule has 0 unspecified atom stereocenters. The minimum atomic E-state index is 0.0134. The number of ketones is 1. The van der Waals surface area contributed by atoms with Gasteiger partial charge in [-0.1, -0.05) is 30.0 Å². The van der Waals surface area contributed by atoms with Crippen molar-refractivity contribution in [2.24, 2.45) is 0 Å². The molecule has 0 bridgehead atoms. The minimum absolute atomic E-state index is 0.0134. The summed E-state index contributed by atoms with van der Waals surface area (Å²) in [6.45, 7) is 2.96. The Bertz CT molecular complexity index is 978. The molecule has 1 aliphatic heterocycles. The standard InChI is InChI=1S/C18H18N4O3S/c1-11-17(12-5-2-3-6-13(12)19-11)14(23)10-26-18-21-20-15(25-18)9-22-8-4-7-16(22)24/h2-3,5-6,19H,4,7-10H2,1H3. The first kappa shape index (κ1) is 16.8. The third-order valence-electron chi connectivity index (χ3n) is 4.44. The Hall–Kier alpha value is -2.61. The number of fused-ring (bicyclic) bond motifs is 1. The zero-order valence-electron chi connectivity index (χ0n) is 14.3. The van der Waals surface area contributed by atoms with Gasteiger partial charge in [0.25, 0.3) is 5.22 Å². The molecule has 1 aromatic carbocycles. The molecule has 2 aromatic heterocycles. The molecule has 134 valence electrons. The lowest BCUT2D eigenvalue weighted by atomic mass is 10.1. The fourth-order valence-electron chi connectivity index (χ4n) is 3.23. The van der Waals surface area contributed by atoms with Crippen molar-refractivity contribution in [3.63, 3.8) is 0 Å². The third-order valence-corrected chi connectivity index (χ3v) is 5.26. The van der Waals surface area contributed by atoms with Crippen LogP contribution in [0.25, 0.3) is 10.9 Å². The van der Waals surface area contributed by atoms with Crippen molar-refractivity contribution in [3.05, 3.63) is 41.4 Å². The maximum absolute atomic E-state index is 12.7. The van der Waals surface area contributed by atoms with Gasteiger partial charge >= 0.3 is 0 Å². The predicted molar refractivity (Wildman–Crippen MR) is 97.0 cm³/mol. The zero-order chi connectivity index (χ0) is 18.1. The molecular weight excluding hydrogens is 352 g/mol. The molecule has 1 fully saturated rings. The lowest BCUT2D eigenvalue weighted by molar-refractivity contribution is -0.128. The SMILES string of the molecule is Cc1[nH]c2ccccc2c1C(=O)CSc1nnc(CN2CCCC2=O)o1. The summed E-state index contributed by atoms with van der Waals surface area (Å²) in [4.78, 5) is 29.3. The summed E-state index contributed by atoms with van der Waals surface area (Å²) >= 11 is 1.22. The summed E-state index contributed by atoms with van der Waals surface area (Å²) in [5.74, 6) is 0.743. The van der Waals surface area contributed by atoms with Gasteiger partial charge in [-0.3, -0.25) is 9.59 Å². The third kappa shape index (κ3) is 3.24. The van der Waals surface area contributed by atoms with Crippen LogP contribution in [0.4, 0.5) is 0 Å². The van der Waals surface area contributed by atoms with E-state index in [1.54, 1.807) is 4.90 Å². The highest BCUT2D eigenvalue weighted by Crippen LogP contribution is 2.25. The number of aromatic nitrogens is 3. The van der Waals surface area contributed by atoms with Crippen molar-refractivity contribution < 1.29 is 14.0 Å². The maximum atomic E-state index is 12.7. The molecule has 0 spiro atoms. The van der Waals surface area contributed by atoms with Gasteiger partial charge in [-0.15, -0.1) is 10.2 Å². The van der Waals surface area contributed by atoms with Gasteiger partial charge in [0.1, 0.15) is 0 Å². The van der Waals surface area contributed by atoms with E-state index in [4.69, 9.17) is 4.42 Å². The smallest absolute Gasteiger partial charge is 0.277 e. The highest BCUT2D eigenvalue weighted by Gasteiger charge is 2.23. The Kier molecular flexibility index (Phi) is 4.50. The van der Waals surface area contributed by atoms with Crippen molar-refractivity contribution in [1.29, 1.82) is 0 Å². The number of hydrogen-bond donors (Lipinski definition) is 1. The number of nitrogens with one attached hydrogen (secondary N) is 1. The fraction of sp³-hybridized carbons (Fsp3) is 0.333. The van der Waals surface area contributed by atoms with Gasteiger partial charge in [0.15, 0.2) is 5.78 Å². The Morgan fingerprint density at radius 1 is 1.35 bits per heavy atom. The monoisotopic (exact) mass is 370 g/mol. The van der Waals surface area contributed by atoms with Gasteiger partial charge in [-0.2, -0.15) is 0 Å². The number of nitrogens with zero attached hydrogens (tertiary/aromatic N) is 3. The average Bonchev–Trinajstić information content (AvgIpc) is 3.32. The van der Waals surface area contributed by atoms with Crippen molar-refractivity contribution in [3.8, 4) is 0 Å². The quantitative estimate of drug-likeness (QED) is 0.530. The van der Waals surface area contributed by atoms with Crippen LogP contribution in [-0.2, 0) is 11.3 Å². The lowest BCUT2D eigenvalue weighted by Gasteiger charge is -2.11. The number of H-pyrrole nitrogens is 1. The van der Waals surface area contributed by atoms with E-state index in [0.717, 1.165) is 29.6 Å². The Morgan fingerprint density at radius 3 is 3.00 bits per heavy atom. The van der Waals surface area contributed by atoms with Gasteiger partial charge in [0.05, 0.1) is 12.3 Å². The van der Waals surface area contributed by atoms with Crippen LogP contribution in [0.15, 0.2) is 33.9 Å². The number of aromatic amines is 1. The summed E-state index contributed by atoms with van der Waals surface area (Å²) in [5.41, 5.74) is 2.51. The number of carbonyl (C=O) groups is 2. The van der Waals surface area contributed by atoms with E-state index >= 15 is 0 Å². The van der Waals surface area contributed by atoms with Crippen LogP contribution in [0, 0.1) is 6.92 Å². The molecule has 8 heteroatoms. The van der Waals surface area contributed by atoms with Gasteiger partial charge in [-0.05, 0) is 19.4 Å². The topological polar surface area (TPSA) is 92.1 Å². The van der Waals surface area contributed by atoms with E-state index in [0.29, 0.717) is 29.6 Å². The number of thioether (sulfide) groups is 1. The van der Waals surface area contributed by atoms with E-state index < -0.39 is 0 Å². The van der Waals surface area contributed by atoms with Crippen LogP contribution in [-0.4, -0.2) is 44.1 Å². The lowest BCUT2D eigenvalue weighted by Crippen LogP contribution is -2.23. The van der Waals surface area contributed by atoms with E-state index in [-0.39, 0.29) is 17.4 Å². The molecule has 7 nitrogen and oxygen atoms in total. The number of carbonyl (C=O) groups excluding carboxylic acids is 2. The molecular formula is C18H18N4O3S. The van der Waals surface area contributed by atoms with Crippen LogP contribution in [0.5, 0.6) is 0 Å². The number of amides is 1. The molecule has 0 saturated carbocycles. The van der Waals surface area contributed by atoms with Crippen LogP contribution >= 0.6 is 11.8 Å². The second-order valence-corrected chi connectivity index (χ2v) is 7.19. The summed E-state index contributed by atoms with van der Waals surface area (Å²) in [6.07, 6.45) is 1.45. The first-order valence-electron chi connectivity index (χ1n) is 8.45. The molecule has 4 rings (SSSR count). The second kappa shape index (κ2) is 6.95. The van der Waals surface area contributed by atoms with E-state index in [2.05, 4.69) is 15.2 Å². The number of hydrogen-bond acceptors (Lipinski definition) is 6. The number of rotatable bonds is 6. The number of likely N-dealkylation sites (tertiary alicyclic amines) is 1. The summed E-state index contributed by atoms with van der Waals surface area (Å²) < 4.78 is 5.57. The molecule has 1 saturated heterocycles. The molecule has 3 heterocycles. The number of aryl methyl sites for hydroxylation is 1. The van der Waals surface area contributed by atoms with E-state index in [1.165, 1.54) is 11.8 Å². The minimum Gasteiger partial charge on any atom is -0.414 e. The average molecular weight is 370 g/mol. The highest BCUT2D eigenvalue weighted by atomic mass is 32.2. The van der Waals surface area contributed by atoms with Gasteiger partial charge in [0.2, 0.25) is 11.8 Å². The Labute approximate surface area is 154 Å². The van der Waals surface area contributed by atoms with Gasteiger partial charge in [0, 0.05) is 35.1 Å². The van der Waals surface area contributed by atoms with Gasteiger partial charge < -0.3 is 14.3 Å². The van der Waals surface area contributed by atoms with E-state index in [9.17, 15) is 9.59 Å². The molecule has 0 atom stereocenters. The maximum Gasteiger partial charge on any atom is 0.277 e.